The molecule has 0 radical (unpaired) electrons. The zero-order valence-corrected chi connectivity index (χ0v) is 17.5. The van der Waals surface area contributed by atoms with Crippen LogP contribution in [0.15, 0.2) is 53.1 Å². The molecule has 0 bridgehead atoms. The minimum Gasteiger partial charge on any atom is -0.496 e. The Morgan fingerprint density at radius 3 is 2.53 bits per heavy atom. The number of nitrogens with zero attached hydrogens (tertiary/aromatic N) is 1. The van der Waals surface area contributed by atoms with E-state index in [9.17, 15) is 10.1 Å². The average Bonchev–Trinajstić information content (AvgIpc) is 2.70. The Kier molecular flexibility index (Phi) is 4.70. The monoisotopic (exact) mass is 404 g/mol. The number of benzene rings is 2. The maximum atomic E-state index is 13.2. The summed E-state index contributed by atoms with van der Waals surface area (Å²) in [6.07, 6.45) is 0.963. The van der Waals surface area contributed by atoms with Gasteiger partial charge in [0, 0.05) is 29.2 Å². The number of nitrogens with two attached hydrogens (primary N) is 1. The average molecular weight is 404 g/mol. The minimum absolute atomic E-state index is 0.0228. The third-order valence-corrected chi connectivity index (χ3v) is 5.82. The Labute approximate surface area is 175 Å². The van der Waals surface area contributed by atoms with Crippen molar-refractivity contribution < 1.29 is 19.0 Å². The van der Waals surface area contributed by atoms with Crippen LogP contribution in [0.25, 0.3) is 10.8 Å². The fourth-order valence-corrected chi connectivity index (χ4v) is 4.56. The van der Waals surface area contributed by atoms with Crippen molar-refractivity contribution in [3.63, 3.8) is 0 Å². The molecule has 0 spiro atoms. The molecule has 154 valence electrons. The van der Waals surface area contributed by atoms with Gasteiger partial charge in [-0.15, -0.1) is 0 Å². The summed E-state index contributed by atoms with van der Waals surface area (Å²) >= 11 is 0. The first-order valence-corrected chi connectivity index (χ1v) is 9.78. The second-order valence-electron chi connectivity index (χ2n) is 8.44. The number of methoxy groups -OCH3 is 2. The highest BCUT2D eigenvalue weighted by Gasteiger charge is 2.43. The Hall–Kier alpha value is -3.46. The SMILES string of the molecule is COc1ccc(C2C(C#N)=C(N)OC3=C2C(=O)CC(C)(C)C3)c2c(OC)cccc12. The molecule has 2 N–H and O–H groups in total. The van der Waals surface area contributed by atoms with Gasteiger partial charge in [0.1, 0.15) is 28.9 Å². The highest BCUT2D eigenvalue weighted by atomic mass is 16.5. The van der Waals surface area contributed by atoms with Crippen molar-refractivity contribution in [1.29, 1.82) is 5.26 Å². The predicted octanol–water partition coefficient (Wildman–Crippen LogP) is 4.31. The number of rotatable bonds is 3. The molecule has 1 aliphatic heterocycles. The lowest BCUT2D eigenvalue weighted by atomic mass is 9.69. The second-order valence-corrected chi connectivity index (χ2v) is 8.44. The molecule has 6 heteroatoms. The molecule has 0 saturated heterocycles. The second kappa shape index (κ2) is 7.10. The van der Waals surface area contributed by atoms with E-state index < -0.39 is 5.92 Å². The zero-order valence-electron chi connectivity index (χ0n) is 17.5. The van der Waals surface area contributed by atoms with E-state index in [4.69, 9.17) is 19.9 Å². The fourth-order valence-electron chi connectivity index (χ4n) is 4.56. The van der Waals surface area contributed by atoms with E-state index in [0.29, 0.717) is 35.7 Å². The quantitative estimate of drug-likeness (QED) is 0.819. The highest BCUT2D eigenvalue weighted by molar-refractivity contribution is 6.03. The summed E-state index contributed by atoms with van der Waals surface area (Å²) in [6, 6.07) is 11.6. The van der Waals surface area contributed by atoms with E-state index in [0.717, 1.165) is 16.3 Å². The van der Waals surface area contributed by atoms with E-state index in [-0.39, 0.29) is 22.7 Å². The van der Waals surface area contributed by atoms with Gasteiger partial charge >= 0.3 is 0 Å². The van der Waals surface area contributed by atoms with E-state index in [1.165, 1.54) is 0 Å². The summed E-state index contributed by atoms with van der Waals surface area (Å²) in [5.41, 5.74) is 7.45. The molecule has 2 aliphatic rings. The molecule has 0 fully saturated rings. The fraction of sp³-hybridized carbons (Fsp3) is 0.333. The van der Waals surface area contributed by atoms with Gasteiger partial charge in [-0.3, -0.25) is 4.79 Å². The van der Waals surface area contributed by atoms with Crippen LogP contribution in [0.3, 0.4) is 0 Å². The summed E-state index contributed by atoms with van der Waals surface area (Å²) < 4.78 is 17.0. The maximum absolute atomic E-state index is 13.2. The van der Waals surface area contributed by atoms with E-state index in [1.807, 2.05) is 44.2 Å². The zero-order chi connectivity index (χ0) is 21.6. The summed E-state index contributed by atoms with van der Waals surface area (Å²) in [5, 5.41) is 11.5. The number of hydrogen-bond donors (Lipinski definition) is 1. The molecule has 0 aromatic heterocycles. The van der Waals surface area contributed by atoms with E-state index in [2.05, 4.69) is 6.07 Å². The Bertz CT molecular complexity index is 1170. The summed E-state index contributed by atoms with van der Waals surface area (Å²) in [7, 11) is 3.20. The van der Waals surface area contributed by atoms with Crippen molar-refractivity contribution in [2.45, 2.75) is 32.6 Å². The molecule has 1 aliphatic carbocycles. The number of carbonyl (C=O) groups excluding carboxylic acids is 1. The molecule has 1 heterocycles. The van der Waals surface area contributed by atoms with Gasteiger partial charge in [0.05, 0.1) is 20.1 Å². The van der Waals surface area contributed by atoms with Crippen molar-refractivity contribution in [2.75, 3.05) is 14.2 Å². The molecular formula is C24H24N2O4. The van der Waals surface area contributed by atoms with Crippen LogP contribution in [0, 0.1) is 16.7 Å². The van der Waals surface area contributed by atoms with Crippen LogP contribution < -0.4 is 15.2 Å². The number of fused-ring (bicyclic) bond motifs is 1. The van der Waals surface area contributed by atoms with Gasteiger partial charge in [0.15, 0.2) is 5.78 Å². The van der Waals surface area contributed by atoms with Gasteiger partial charge in [-0.2, -0.15) is 5.26 Å². The van der Waals surface area contributed by atoms with Crippen molar-refractivity contribution in [3.8, 4) is 17.6 Å². The molecule has 1 unspecified atom stereocenters. The van der Waals surface area contributed by atoms with Crippen LogP contribution in [0.1, 0.15) is 38.2 Å². The largest absolute Gasteiger partial charge is 0.496 e. The van der Waals surface area contributed by atoms with Crippen molar-refractivity contribution in [1.82, 2.24) is 0 Å². The minimum atomic E-state index is -0.618. The van der Waals surface area contributed by atoms with Crippen molar-refractivity contribution in [3.05, 3.63) is 58.7 Å². The van der Waals surface area contributed by atoms with Crippen LogP contribution in [-0.4, -0.2) is 20.0 Å². The smallest absolute Gasteiger partial charge is 0.205 e. The molecular weight excluding hydrogens is 380 g/mol. The number of Topliss-reactive ketones (excluding diaryl/α,β-unsaturated/α-hetero) is 1. The summed E-state index contributed by atoms with van der Waals surface area (Å²) in [5.74, 6) is 1.27. The molecule has 6 nitrogen and oxygen atoms in total. The number of ether oxygens (including phenoxy) is 3. The highest BCUT2D eigenvalue weighted by Crippen LogP contribution is 2.50. The van der Waals surface area contributed by atoms with Crippen molar-refractivity contribution in [2.24, 2.45) is 11.1 Å². The van der Waals surface area contributed by atoms with Gasteiger partial charge in [-0.05, 0) is 23.1 Å². The molecule has 30 heavy (non-hydrogen) atoms. The lowest BCUT2D eigenvalue weighted by Crippen LogP contribution is -2.33. The lowest BCUT2D eigenvalue weighted by Gasteiger charge is -2.37. The number of carbonyl (C=O) groups is 1. The van der Waals surface area contributed by atoms with Crippen LogP contribution >= 0.6 is 0 Å². The standard InChI is InChI=1S/C24H24N2O4/c1-24(2)10-16(27)22-19(11-24)30-23(26)15(12-25)21(22)14-8-9-17(28-3)13-6-5-7-18(29-4)20(13)14/h5-9,21H,10-11,26H2,1-4H3. The Morgan fingerprint density at radius 2 is 1.87 bits per heavy atom. The summed E-state index contributed by atoms with van der Waals surface area (Å²) in [6.45, 7) is 4.05. The van der Waals surface area contributed by atoms with E-state index in [1.54, 1.807) is 14.2 Å². The molecule has 2 aromatic carbocycles. The first-order chi connectivity index (χ1) is 14.3. The molecule has 4 rings (SSSR count). The predicted molar refractivity (Wildman–Crippen MR) is 113 cm³/mol. The Balaban J connectivity index is 2.06. The number of nitriles is 1. The van der Waals surface area contributed by atoms with Gasteiger partial charge in [-0.25, -0.2) is 0 Å². The number of allylic oxidation sites excluding steroid dienone is 3. The third kappa shape index (κ3) is 2.98. The van der Waals surface area contributed by atoms with Gasteiger partial charge in [0.2, 0.25) is 5.88 Å². The van der Waals surface area contributed by atoms with Crippen molar-refractivity contribution >= 4 is 16.6 Å². The molecule has 2 aromatic rings. The normalized spacial score (nSPS) is 20.5. The van der Waals surface area contributed by atoms with Gasteiger partial charge < -0.3 is 19.9 Å². The van der Waals surface area contributed by atoms with Crippen LogP contribution in [-0.2, 0) is 9.53 Å². The lowest BCUT2D eigenvalue weighted by molar-refractivity contribution is -0.119. The number of ketones is 1. The van der Waals surface area contributed by atoms with Crippen LogP contribution in [0.5, 0.6) is 11.5 Å². The number of hydrogen-bond acceptors (Lipinski definition) is 6. The van der Waals surface area contributed by atoms with Crippen LogP contribution in [0.2, 0.25) is 0 Å². The Morgan fingerprint density at radius 1 is 1.13 bits per heavy atom. The first kappa shape index (κ1) is 19.8. The van der Waals surface area contributed by atoms with Crippen LogP contribution in [0.4, 0.5) is 0 Å². The molecule has 0 saturated carbocycles. The summed E-state index contributed by atoms with van der Waals surface area (Å²) in [4.78, 5) is 13.2. The molecule has 1 atom stereocenters. The first-order valence-electron chi connectivity index (χ1n) is 9.78. The van der Waals surface area contributed by atoms with Gasteiger partial charge in [-0.1, -0.05) is 32.0 Å². The topological polar surface area (TPSA) is 94.6 Å². The van der Waals surface area contributed by atoms with E-state index >= 15 is 0 Å². The van der Waals surface area contributed by atoms with Gasteiger partial charge in [0.25, 0.3) is 0 Å². The third-order valence-electron chi connectivity index (χ3n) is 5.82. The molecule has 0 amide bonds. The maximum Gasteiger partial charge on any atom is 0.205 e.